The number of hydrogen-bond acceptors (Lipinski definition) is 4. The molecule has 0 saturated heterocycles. The van der Waals surface area contributed by atoms with Crippen LogP contribution in [0, 0.1) is 0 Å². The van der Waals surface area contributed by atoms with Gasteiger partial charge in [-0.25, -0.2) is 9.97 Å². The number of aromatic nitrogens is 2. The number of rotatable bonds is 5. The van der Waals surface area contributed by atoms with E-state index in [4.69, 9.17) is 9.97 Å². The minimum atomic E-state index is -0.149. The van der Waals surface area contributed by atoms with Gasteiger partial charge in [0.25, 0.3) is 6.71 Å². The van der Waals surface area contributed by atoms with Crippen molar-refractivity contribution >= 4 is 100 Å². The van der Waals surface area contributed by atoms with Crippen LogP contribution >= 0.6 is 0 Å². The first kappa shape index (κ1) is 52.3. The summed E-state index contributed by atoms with van der Waals surface area (Å²) < 4.78 is 0. The third-order valence-corrected chi connectivity index (χ3v) is 17.7. The standard InChI is InChI=1S/C78H71BN4/c1-75(2,3)57-41-58(76(4,5)6)44-61(43-57)82-69-39-56(68-47-67(48-23-15-13-16-24-48)80-74(81-68)49-25-17-14-18-26-49)40-70-71(69)79(65-33-31-54-35-50-27-19-21-29-52(50)37-63(54)72(65)82)66-34-32-55-36-51-28-20-22-30-53(51)38-64(55)73(66)83(70)62-45-59(77(7,8)9)42-60(46-62)78(10,11)12/h13-47H,1-12H3. The average molecular weight is 1080 g/mol. The number of nitrogens with zero attached hydrogens (tertiary/aromatic N) is 4. The van der Waals surface area contributed by atoms with Gasteiger partial charge in [0.1, 0.15) is 0 Å². The molecule has 14 rings (SSSR count). The van der Waals surface area contributed by atoms with Gasteiger partial charge in [-0.2, -0.15) is 0 Å². The van der Waals surface area contributed by atoms with Crippen molar-refractivity contribution in [2.75, 3.05) is 9.80 Å². The van der Waals surface area contributed by atoms with Crippen LogP contribution in [0.1, 0.15) is 105 Å². The molecule has 0 atom stereocenters. The second kappa shape index (κ2) is 18.9. The summed E-state index contributed by atoms with van der Waals surface area (Å²) in [4.78, 5) is 16.3. The lowest BCUT2D eigenvalue weighted by Gasteiger charge is -2.46. The smallest absolute Gasteiger partial charge is 0.252 e. The summed E-state index contributed by atoms with van der Waals surface area (Å²) >= 11 is 0. The van der Waals surface area contributed by atoms with Gasteiger partial charge >= 0.3 is 0 Å². The van der Waals surface area contributed by atoms with Crippen molar-refractivity contribution in [1.82, 2.24) is 9.97 Å². The predicted octanol–water partition coefficient (Wildman–Crippen LogP) is 19.4. The summed E-state index contributed by atoms with van der Waals surface area (Å²) in [7, 11) is 0. The highest BCUT2D eigenvalue weighted by Crippen LogP contribution is 2.52. The van der Waals surface area contributed by atoms with E-state index in [1.54, 1.807) is 0 Å². The van der Waals surface area contributed by atoms with Crippen LogP contribution in [-0.2, 0) is 21.7 Å². The van der Waals surface area contributed by atoms with Crippen LogP contribution in [0.2, 0.25) is 0 Å². The van der Waals surface area contributed by atoms with Gasteiger partial charge in [0.05, 0.1) is 11.4 Å². The van der Waals surface area contributed by atoms with E-state index >= 15 is 0 Å². The fourth-order valence-electron chi connectivity index (χ4n) is 13.0. The van der Waals surface area contributed by atoms with Gasteiger partial charge in [-0.3, -0.25) is 0 Å². The molecule has 0 aliphatic carbocycles. The van der Waals surface area contributed by atoms with Gasteiger partial charge in [-0.05, 0) is 159 Å². The summed E-state index contributed by atoms with van der Waals surface area (Å²) in [6.07, 6.45) is 0. The molecule has 83 heavy (non-hydrogen) atoms. The van der Waals surface area contributed by atoms with Gasteiger partial charge in [-0.15, -0.1) is 0 Å². The van der Waals surface area contributed by atoms with Crippen LogP contribution in [0.4, 0.5) is 34.1 Å². The Kier molecular flexibility index (Phi) is 11.9. The van der Waals surface area contributed by atoms with Crippen LogP contribution in [0.5, 0.6) is 0 Å². The molecule has 2 aliphatic heterocycles. The van der Waals surface area contributed by atoms with Gasteiger partial charge < -0.3 is 9.80 Å². The van der Waals surface area contributed by atoms with E-state index in [-0.39, 0.29) is 28.4 Å². The summed E-state index contributed by atoms with van der Waals surface area (Å²) in [5, 5.41) is 9.77. The van der Waals surface area contributed by atoms with Gasteiger partial charge in [0.2, 0.25) is 0 Å². The Labute approximate surface area is 490 Å². The first-order chi connectivity index (χ1) is 39.6. The second-order valence-corrected chi connectivity index (χ2v) is 27.6. The molecule has 3 heterocycles. The maximum atomic E-state index is 5.65. The van der Waals surface area contributed by atoms with Gasteiger partial charge in [-0.1, -0.05) is 229 Å². The Morgan fingerprint density at radius 3 is 1.07 bits per heavy atom. The molecule has 0 amide bonds. The molecule has 0 radical (unpaired) electrons. The Hall–Kier alpha value is -8.80. The summed E-state index contributed by atoms with van der Waals surface area (Å²) in [6, 6.07) is 80.2. The van der Waals surface area contributed by atoms with Crippen LogP contribution in [0.25, 0.3) is 77.0 Å². The Balaban J connectivity index is 1.20. The van der Waals surface area contributed by atoms with E-state index in [0.717, 1.165) is 50.8 Å². The molecule has 2 aliphatic rings. The maximum Gasteiger partial charge on any atom is 0.252 e. The first-order valence-corrected chi connectivity index (χ1v) is 29.7. The molecular formula is C78H71BN4. The minimum absolute atomic E-state index is 0.139. The Morgan fingerprint density at radius 2 is 0.675 bits per heavy atom. The third-order valence-electron chi connectivity index (χ3n) is 17.7. The van der Waals surface area contributed by atoms with E-state index in [2.05, 4.69) is 305 Å². The molecule has 0 saturated carbocycles. The number of anilines is 6. The highest BCUT2D eigenvalue weighted by molar-refractivity contribution is 7.00. The van der Waals surface area contributed by atoms with Gasteiger partial charge in [0, 0.05) is 61.6 Å². The molecule has 12 aromatic rings. The SMILES string of the molecule is CC(C)(C)c1cc(N2c3cc(-c4cc(-c5ccccc5)nc(-c5ccccc5)n4)cc4c3B(c3ccc5cc6ccccc6cc5c32)c2ccc3cc5ccccc5cc3c2N4c2cc(C(C)(C)C)cc(C(C)(C)C)c2)cc(C(C)(C)C)c1. The van der Waals surface area contributed by atoms with Gasteiger partial charge in [0.15, 0.2) is 5.82 Å². The molecule has 0 spiro atoms. The zero-order valence-electron chi connectivity index (χ0n) is 50.1. The van der Waals surface area contributed by atoms with E-state index in [9.17, 15) is 0 Å². The zero-order chi connectivity index (χ0) is 57.5. The first-order valence-electron chi connectivity index (χ1n) is 29.7. The number of benzene rings is 11. The van der Waals surface area contributed by atoms with E-state index in [1.807, 2.05) is 0 Å². The quantitative estimate of drug-likeness (QED) is 0.127. The lowest BCUT2D eigenvalue weighted by molar-refractivity contribution is 0.568. The van der Waals surface area contributed by atoms with Crippen LogP contribution < -0.4 is 26.2 Å². The van der Waals surface area contributed by atoms with Crippen molar-refractivity contribution in [1.29, 1.82) is 0 Å². The highest BCUT2D eigenvalue weighted by Gasteiger charge is 2.46. The normalized spacial score (nSPS) is 13.5. The number of hydrogen-bond donors (Lipinski definition) is 0. The molecule has 406 valence electrons. The molecule has 4 nitrogen and oxygen atoms in total. The predicted molar refractivity (Wildman–Crippen MR) is 357 cm³/mol. The molecular weight excluding hydrogens is 1000 g/mol. The fourth-order valence-corrected chi connectivity index (χ4v) is 13.0. The van der Waals surface area contributed by atoms with Crippen molar-refractivity contribution in [2.24, 2.45) is 0 Å². The summed E-state index contributed by atoms with van der Waals surface area (Å²) in [6.45, 7) is 28.1. The van der Waals surface area contributed by atoms with E-state index < -0.39 is 0 Å². The monoisotopic (exact) mass is 1070 g/mol. The Bertz CT molecular complexity index is 4260. The average Bonchev–Trinajstić information content (AvgIpc) is 1.09. The topological polar surface area (TPSA) is 32.3 Å². The minimum Gasteiger partial charge on any atom is -0.311 e. The van der Waals surface area contributed by atoms with Crippen molar-refractivity contribution < 1.29 is 0 Å². The van der Waals surface area contributed by atoms with Crippen LogP contribution in [0.3, 0.4) is 0 Å². The molecule has 1 aromatic heterocycles. The molecule has 11 aromatic carbocycles. The third kappa shape index (κ3) is 8.99. The van der Waals surface area contributed by atoms with Crippen LogP contribution in [0.15, 0.2) is 212 Å². The highest BCUT2D eigenvalue weighted by atomic mass is 15.2. The molecule has 0 fully saturated rings. The lowest BCUT2D eigenvalue weighted by atomic mass is 9.33. The Morgan fingerprint density at radius 1 is 0.313 bits per heavy atom. The molecule has 0 unspecified atom stereocenters. The van der Waals surface area contributed by atoms with E-state index in [1.165, 1.54) is 93.1 Å². The van der Waals surface area contributed by atoms with Crippen molar-refractivity contribution in [3.05, 3.63) is 235 Å². The molecule has 0 bridgehead atoms. The maximum absolute atomic E-state index is 5.65. The summed E-state index contributed by atoms with van der Waals surface area (Å²) in [5.41, 5.74) is 20.2. The molecule has 0 N–H and O–H groups in total. The summed E-state index contributed by atoms with van der Waals surface area (Å²) in [5.74, 6) is 0.687. The fraction of sp³-hybridized carbons (Fsp3) is 0.205. The van der Waals surface area contributed by atoms with Crippen molar-refractivity contribution in [2.45, 2.75) is 105 Å². The number of fused-ring (bicyclic) bond motifs is 10. The zero-order valence-corrected chi connectivity index (χ0v) is 50.1. The van der Waals surface area contributed by atoms with Crippen LogP contribution in [-0.4, -0.2) is 16.7 Å². The van der Waals surface area contributed by atoms with Crippen molar-refractivity contribution in [3.8, 4) is 33.9 Å². The van der Waals surface area contributed by atoms with Crippen molar-refractivity contribution in [3.63, 3.8) is 0 Å². The second-order valence-electron chi connectivity index (χ2n) is 27.6. The largest absolute Gasteiger partial charge is 0.311 e. The molecule has 5 heteroatoms. The lowest BCUT2D eigenvalue weighted by Crippen LogP contribution is -2.61. The van der Waals surface area contributed by atoms with E-state index in [0.29, 0.717) is 5.82 Å².